The second-order valence-corrected chi connectivity index (χ2v) is 15.4. The van der Waals surface area contributed by atoms with Crippen LogP contribution in [0.2, 0.25) is 0 Å². The van der Waals surface area contributed by atoms with Crippen molar-refractivity contribution in [1.82, 2.24) is 0 Å². The molecule has 40 nitrogen and oxygen atoms in total. The molecule has 0 saturated heterocycles. The van der Waals surface area contributed by atoms with Gasteiger partial charge in [0.1, 0.15) is 0 Å². The molecule has 14 radical (unpaired) electrons. The summed E-state index contributed by atoms with van der Waals surface area (Å²) in [5, 5.41) is 0. The molecule has 334 valence electrons. The Morgan fingerprint density at radius 3 is 0.123 bits per heavy atom. The molecule has 0 aliphatic rings. The molecule has 0 aromatic carbocycles. The molecule has 0 saturated carbocycles. The third kappa shape index (κ3) is 2740. The summed E-state index contributed by atoms with van der Waals surface area (Å²) < 4.78 is 88.8. The zero-order valence-corrected chi connectivity index (χ0v) is 51.3. The van der Waals surface area contributed by atoms with Gasteiger partial charge in [-0.25, -0.2) is 45.7 Å². The Balaban J connectivity index is -0.0000000205. The molecule has 0 heterocycles. The van der Waals surface area contributed by atoms with E-state index in [4.69, 9.17) is 192 Å². The fourth-order valence-electron chi connectivity index (χ4n) is 0. The first-order valence-electron chi connectivity index (χ1n) is 7.83. The largest absolute Gasteiger partial charge is 0.466 e. The Bertz CT molecular complexity index is 861. The Morgan fingerprint density at radius 1 is 0.123 bits per heavy atom. The van der Waals surface area contributed by atoms with E-state index in [2.05, 4.69) is 0 Å². The van der Waals surface area contributed by atoms with Gasteiger partial charge in [0.15, 0.2) is 0 Å². The van der Waals surface area contributed by atoms with Gasteiger partial charge in [0, 0.05) is 264 Å². The zero-order valence-electron chi connectivity index (χ0n) is 26.9. The predicted molar refractivity (Wildman–Crippen MR) is 183 cm³/mol. The summed E-state index contributed by atoms with van der Waals surface area (Å²) in [6.07, 6.45) is 0. The molecule has 0 fully saturated rings. The van der Waals surface area contributed by atoms with Gasteiger partial charge < -0.3 is 147 Å². The molecule has 57 heteroatoms. The van der Waals surface area contributed by atoms with E-state index in [1.165, 1.54) is 0 Å². The molecule has 0 aliphatic heterocycles. The van der Waals surface area contributed by atoms with Gasteiger partial charge in [-0.2, -0.15) is 0 Å². The van der Waals surface area contributed by atoms with Crippen LogP contribution in [0, 0.1) is 0 Å². The molecule has 0 aromatic heterocycles. The molecule has 0 spiro atoms. The average Bonchev–Trinajstić information content (AvgIpc) is 2.34. The number of phosphoric acid groups is 10. The van der Waals surface area contributed by atoms with E-state index < -0.39 is 78.2 Å². The zero-order chi connectivity index (χ0) is 45.0. The first-order chi connectivity index (χ1) is 20.0. The average molecular weight is 1260 g/mol. The fraction of sp³-hybridized carbons (Fsp3) is 0. The van der Waals surface area contributed by atoms with E-state index >= 15 is 0 Å². The van der Waals surface area contributed by atoms with Crippen molar-refractivity contribution in [3.63, 3.8) is 0 Å². The van der Waals surface area contributed by atoms with Gasteiger partial charge in [-0.3, -0.25) is 0 Å². The summed E-state index contributed by atoms with van der Waals surface area (Å²) in [6, 6.07) is 0. The van der Waals surface area contributed by atoms with Crippen LogP contribution in [0.25, 0.3) is 0 Å². The third-order valence-electron chi connectivity index (χ3n) is 0. The number of hydrogen-bond donors (Lipinski definition) is 30. The van der Waals surface area contributed by atoms with Crippen LogP contribution in [0.3, 0.4) is 0 Å². The molecule has 0 rings (SSSR count). The normalized spacial score (nSPS) is 10.4. The van der Waals surface area contributed by atoms with Crippen molar-refractivity contribution in [2.75, 3.05) is 0 Å². The van der Waals surface area contributed by atoms with Crippen LogP contribution in [-0.2, 0) is 45.7 Å². The quantitative estimate of drug-likeness (QED) is 0.0791. The maximum atomic E-state index is 8.88. The van der Waals surface area contributed by atoms with Crippen molar-refractivity contribution < 1.29 is 192 Å². The van der Waals surface area contributed by atoms with Gasteiger partial charge in [0.05, 0.1) is 0 Å². The second kappa shape index (κ2) is 56.8. The van der Waals surface area contributed by atoms with Crippen LogP contribution in [0.4, 0.5) is 0 Å². The second-order valence-electron chi connectivity index (χ2n) is 5.13. The summed E-state index contributed by atoms with van der Waals surface area (Å²) in [4.78, 5) is 216. The number of hydrogen-bond acceptors (Lipinski definition) is 10. The molecule has 0 aromatic rings. The Kier molecular flexibility index (Phi) is 116. The van der Waals surface area contributed by atoms with Gasteiger partial charge in [0.25, 0.3) is 0 Å². The van der Waals surface area contributed by atoms with E-state index in [1.807, 2.05) is 0 Å². The molecule has 0 atom stereocenters. The van der Waals surface area contributed by atoms with E-state index in [0.29, 0.717) is 0 Å². The summed E-state index contributed by atoms with van der Waals surface area (Å²) >= 11 is 0. The minimum absolute atomic E-state index is 0. The maximum absolute atomic E-state index is 8.88. The summed E-state index contributed by atoms with van der Waals surface area (Å²) in [7, 11) is -46.4. The Hall–Kier alpha value is 9.92. The SMILES string of the molecule is O=P(O)(O)O.O=P(O)(O)O.O=P(O)(O)O.O=P(O)(O)O.O=P(O)(O)O.O=P(O)(O)O.O=P(O)(O)O.O=P(O)(O)O.O=P(O)(O)O.O=P(O)(O)O.[Ca].[Ca].[Ca].[Ca].[Ca].[Ca].[Ca]. The molecular weight excluding hydrogens is 1230 g/mol. The van der Waals surface area contributed by atoms with Gasteiger partial charge in [-0.15, -0.1) is 0 Å². The molecule has 0 bridgehead atoms. The Labute approximate surface area is 524 Å². The first-order valence-corrected chi connectivity index (χ1v) is 23.5. The molecule has 57 heavy (non-hydrogen) atoms. The van der Waals surface area contributed by atoms with E-state index in [1.54, 1.807) is 0 Å². The topological polar surface area (TPSA) is 778 Å². The maximum Gasteiger partial charge on any atom is 0.466 e. The van der Waals surface area contributed by atoms with Crippen molar-refractivity contribution >= 4 is 342 Å². The van der Waals surface area contributed by atoms with E-state index in [0.717, 1.165) is 0 Å². The van der Waals surface area contributed by atoms with E-state index in [9.17, 15) is 0 Å². The van der Waals surface area contributed by atoms with Crippen LogP contribution in [-0.4, -0.2) is 411 Å². The first kappa shape index (κ1) is 117. The molecular formula is H30Ca7O40P10. The third-order valence-corrected chi connectivity index (χ3v) is 0. The van der Waals surface area contributed by atoms with E-state index in [-0.39, 0.29) is 264 Å². The van der Waals surface area contributed by atoms with Crippen molar-refractivity contribution in [3.05, 3.63) is 0 Å². The summed E-state index contributed by atoms with van der Waals surface area (Å²) in [5.74, 6) is 0. The smallest absolute Gasteiger partial charge is 0.303 e. The molecule has 0 amide bonds. The number of rotatable bonds is 0. The summed E-state index contributed by atoms with van der Waals surface area (Å²) in [5.41, 5.74) is 0. The monoisotopic (exact) mass is 1260 g/mol. The van der Waals surface area contributed by atoms with Crippen LogP contribution in [0.1, 0.15) is 0 Å². The van der Waals surface area contributed by atoms with Crippen LogP contribution in [0.5, 0.6) is 0 Å². The minimum Gasteiger partial charge on any atom is -0.303 e. The summed E-state index contributed by atoms with van der Waals surface area (Å²) in [6.45, 7) is 0. The Morgan fingerprint density at radius 2 is 0.123 bits per heavy atom. The van der Waals surface area contributed by atoms with Crippen LogP contribution >= 0.6 is 78.2 Å². The minimum atomic E-state index is -4.64. The van der Waals surface area contributed by atoms with Crippen molar-refractivity contribution in [1.29, 1.82) is 0 Å². The van der Waals surface area contributed by atoms with Gasteiger partial charge in [0.2, 0.25) is 0 Å². The standard InChI is InChI=1S/7Ca.10H3O4P/c;;;;;;;10*1-5(2,3)4/h;;;;;;;10*(H3,1,2,3,4). The van der Waals surface area contributed by atoms with Gasteiger partial charge in [-0.1, -0.05) is 0 Å². The molecule has 0 unspecified atom stereocenters. The van der Waals surface area contributed by atoms with Gasteiger partial charge >= 0.3 is 78.2 Å². The van der Waals surface area contributed by atoms with Crippen molar-refractivity contribution in [2.24, 2.45) is 0 Å². The predicted octanol–water partition coefficient (Wildman–Crippen LogP) is -12.0. The van der Waals surface area contributed by atoms with Crippen LogP contribution in [0.15, 0.2) is 0 Å². The van der Waals surface area contributed by atoms with Gasteiger partial charge in [-0.05, 0) is 0 Å². The van der Waals surface area contributed by atoms with Crippen molar-refractivity contribution in [2.45, 2.75) is 0 Å². The fourth-order valence-corrected chi connectivity index (χ4v) is 0. The van der Waals surface area contributed by atoms with Crippen molar-refractivity contribution in [3.8, 4) is 0 Å². The molecule has 30 N–H and O–H groups in total. The molecule has 0 aliphatic carbocycles. The van der Waals surface area contributed by atoms with Crippen LogP contribution < -0.4 is 0 Å².